The van der Waals surface area contributed by atoms with Gasteiger partial charge in [-0.1, -0.05) is 28.1 Å². The molecule has 1 aromatic rings. The van der Waals surface area contributed by atoms with Crippen LogP contribution in [0.2, 0.25) is 0 Å². The lowest BCUT2D eigenvalue weighted by Gasteiger charge is -2.07. The first kappa shape index (κ1) is 16.1. The lowest BCUT2D eigenvalue weighted by molar-refractivity contribution is -0.147. The zero-order valence-electron chi connectivity index (χ0n) is 10.9. The van der Waals surface area contributed by atoms with E-state index in [1.54, 1.807) is 30.3 Å². The highest BCUT2D eigenvalue weighted by molar-refractivity contribution is 9.10. The maximum atomic E-state index is 11.6. The summed E-state index contributed by atoms with van der Waals surface area (Å²) in [5, 5.41) is 16.0. The molecule has 1 rings (SSSR count). The maximum absolute atomic E-state index is 11.6. The van der Waals surface area contributed by atoms with E-state index < -0.39 is 24.3 Å². The molecule has 0 fully saturated rings. The number of ketones is 1. The smallest absolute Gasteiger partial charge is 0.310 e. The second kappa shape index (κ2) is 7.56. The van der Waals surface area contributed by atoms with Crippen molar-refractivity contribution in [3.63, 3.8) is 0 Å². The molecule has 1 unspecified atom stereocenters. The van der Waals surface area contributed by atoms with Crippen LogP contribution in [0.15, 0.2) is 28.7 Å². The molecule has 0 radical (unpaired) electrons. The topological polar surface area (TPSA) is 91.0 Å². The maximum Gasteiger partial charge on any atom is 0.310 e. The molecule has 5 nitrogen and oxygen atoms in total. The number of benzene rings is 1. The van der Waals surface area contributed by atoms with E-state index in [4.69, 9.17) is 15.4 Å². The molecule has 0 bridgehead atoms. The van der Waals surface area contributed by atoms with Crippen LogP contribution in [0.5, 0.6) is 0 Å². The van der Waals surface area contributed by atoms with Crippen LogP contribution in [0.4, 0.5) is 0 Å². The zero-order valence-corrected chi connectivity index (χ0v) is 12.4. The van der Waals surface area contributed by atoms with Crippen LogP contribution in [0, 0.1) is 22.7 Å². The van der Waals surface area contributed by atoms with E-state index in [0.29, 0.717) is 0 Å². The number of hydrogen-bond donors (Lipinski definition) is 1. The molecule has 0 heterocycles. The molecule has 1 N–H and O–H groups in total. The number of Topliss-reactive ketones (excluding diaryl/α,β-unsaturated/α-hetero) is 1. The van der Waals surface area contributed by atoms with Gasteiger partial charge < -0.3 is 10.1 Å². The van der Waals surface area contributed by atoms with Gasteiger partial charge in [0, 0.05) is 10.2 Å². The van der Waals surface area contributed by atoms with E-state index in [1.165, 1.54) is 6.92 Å². The van der Waals surface area contributed by atoms with Gasteiger partial charge in [-0.25, -0.2) is 0 Å². The molecule has 0 aromatic heterocycles. The molecule has 1 atom stereocenters. The largest absolute Gasteiger partial charge is 0.457 e. The number of halogens is 1. The fraction of sp³-hybridized carbons (Fsp3) is 0.286. The Kier molecular flexibility index (Phi) is 6.07. The van der Waals surface area contributed by atoms with Crippen molar-refractivity contribution in [1.82, 2.24) is 0 Å². The fourth-order valence-electron chi connectivity index (χ4n) is 1.47. The average molecular weight is 337 g/mol. The van der Waals surface area contributed by atoms with Crippen molar-refractivity contribution < 1.29 is 14.3 Å². The van der Waals surface area contributed by atoms with Gasteiger partial charge in [0.15, 0.2) is 12.4 Å². The summed E-state index contributed by atoms with van der Waals surface area (Å²) in [7, 11) is 0. The van der Waals surface area contributed by atoms with Gasteiger partial charge in [-0.05, 0) is 24.6 Å². The Labute approximate surface area is 125 Å². The van der Waals surface area contributed by atoms with Crippen molar-refractivity contribution in [2.24, 2.45) is 5.92 Å². The molecule has 0 aliphatic rings. The number of nitrogens with one attached hydrogen (secondary N) is 1. The Balaban J connectivity index is 2.48. The Morgan fingerprint density at radius 3 is 2.50 bits per heavy atom. The number of hydrogen-bond acceptors (Lipinski definition) is 5. The molecule has 0 aliphatic carbocycles. The summed E-state index contributed by atoms with van der Waals surface area (Å²) in [6, 6.07) is 8.86. The zero-order chi connectivity index (χ0) is 15.1. The van der Waals surface area contributed by atoms with Gasteiger partial charge in [-0.3, -0.25) is 9.59 Å². The summed E-state index contributed by atoms with van der Waals surface area (Å²) < 4.78 is 5.73. The van der Waals surface area contributed by atoms with Crippen LogP contribution in [-0.2, 0) is 20.7 Å². The number of carbonyl (C=O) groups excluding carboxylic acids is 2. The number of esters is 1. The second-order valence-corrected chi connectivity index (χ2v) is 5.09. The van der Waals surface area contributed by atoms with Crippen LogP contribution in [0.1, 0.15) is 12.5 Å². The normalized spacial score (nSPS) is 11.2. The van der Waals surface area contributed by atoms with Gasteiger partial charge in [0.25, 0.3) is 0 Å². The average Bonchev–Trinajstić information content (AvgIpc) is 2.39. The highest BCUT2D eigenvalue weighted by atomic mass is 79.9. The van der Waals surface area contributed by atoms with Gasteiger partial charge >= 0.3 is 5.97 Å². The Bertz CT molecular complexity index is 561. The van der Waals surface area contributed by atoms with E-state index >= 15 is 0 Å². The van der Waals surface area contributed by atoms with Crippen LogP contribution in [0.25, 0.3) is 0 Å². The van der Waals surface area contributed by atoms with E-state index in [9.17, 15) is 9.59 Å². The first-order valence-electron chi connectivity index (χ1n) is 5.81. The van der Waals surface area contributed by atoms with Crippen molar-refractivity contribution in [1.29, 1.82) is 10.7 Å². The summed E-state index contributed by atoms with van der Waals surface area (Å²) >= 11 is 3.29. The molecule has 0 amide bonds. The Morgan fingerprint density at radius 2 is 2.00 bits per heavy atom. The Morgan fingerprint density at radius 1 is 1.40 bits per heavy atom. The van der Waals surface area contributed by atoms with Crippen molar-refractivity contribution in [2.45, 2.75) is 13.3 Å². The standard InChI is InChI=1S/C14H13BrN2O3/c1-9(17)12(7-16)13(18)8-20-14(19)6-10-2-4-11(15)5-3-10/h2-5,12,17H,6,8H2,1H3. The second-order valence-electron chi connectivity index (χ2n) is 4.18. The van der Waals surface area contributed by atoms with Crippen LogP contribution in [0.3, 0.4) is 0 Å². The minimum Gasteiger partial charge on any atom is -0.457 e. The van der Waals surface area contributed by atoms with Crippen molar-refractivity contribution in [3.8, 4) is 6.07 Å². The molecular formula is C14H13BrN2O3. The molecule has 1 aromatic carbocycles. The molecular weight excluding hydrogens is 324 g/mol. The SMILES string of the molecule is CC(=N)C(C#N)C(=O)COC(=O)Cc1ccc(Br)cc1. The number of carbonyl (C=O) groups is 2. The molecule has 104 valence electrons. The quantitative estimate of drug-likeness (QED) is 0.637. The van der Waals surface area contributed by atoms with Gasteiger partial charge in [0.2, 0.25) is 0 Å². The minimum atomic E-state index is -1.14. The van der Waals surface area contributed by atoms with Crippen molar-refractivity contribution in [3.05, 3.63) is 34.3 Å². The summed E-state index contributed by atoms with van der Waals surface area (Å²) in [6.07, 6.45) is 0.0569. The van der Waals surface area contributed by atoms with E-state index in [-0.39, 0.29) is 12.1 Å². The van der Waals surface area contributed by atoms with Gasteiger partial charge in [0.1, 0.15) is 5.92 Å². The van der Waals surface area contributed by atoms with E-state index in [1.807, 2.05) is 0 Å². The third kappa shape index (κ3) is 4.94. The third-order valence-electron chi connectivity index (χ3n) is 2.52. The number of ether oxygens (including phenoxy) is 1. The van der Waals surface area contributed by atoms with Gasteiger partial charge in [-0.15, -0.1) is 0 Å². The third-order valence-corrected chi connectivity index (χ3v) is 3.05. The summed E-state index contributed by atoms with van der Waals surface area (Å²) in [4.78, 5) is 23.1. The summed E-state index contributed by atoms with van der Waals surface area (Å²) in [5.41, 5.74) is 0.715. The van der Waals surface area contributed by atoms with Crippen molar-refractivity contribution >= 4 is 33.4 Å². The predicted octanol–water partition coefficient (Wildman–Crippen LogP) is 2.28. The number of nitrogens with zero attached hydrogens (tertiary/aromatic N) is 1. The molecule has 0 spiro atoms. The van der Waals surface area contributed by atoms with Gasteiger partial charge in [-0.2, -0.15) is 5.26 Å². The summed E-state index contributed by atoms with van der Waals surface area (Å²) in [6.45, 7) is 0.888. The van der Waals surface area contributed by atoms with E-state index in [2.05, 4.69) is 15.9 Å². The number of rotatable bonds is 6. The predicted molar refractivity (Wildman–Crippen MR) is 76.3 cm³/mol. The van der Waals surface area contributed by atoms with Crippen LogP contribution in [-0.4, -0.2) is 24.1 Å². The first-order chi connectivity index (χ1) is 9.43. The lowest BCUT2D eigenvalue weighted by Crippen LogP contribution is -2.25. The van der Waals surface area contributed by atoms with Crippen LogP contribution < -0.4 is 0 Å². The van der Waals surface area contributed by atoms with Crippen LogP contribution >= 0.6 is 15.9 Å². The lowest BCUT2D eigenvalue weighted by atomic mass is 10.0. The molecule has 0 aliphatic heterocycles. The highest BCUT2D eigenvalue weighted by Gasteiger charge is 2.21. The minimum absolute atomic E-state index is 0.0542. The van der Waals surface area contributed by atoms with Crippen molar-refractivity contribution in [2.75, 3.05) is 6.61 Å². The highest BCUT2D eigenvalue weighted by Crippen LogP contribution is 2.11. The molecule has 6 heteroatoms. The fourth-order valence-corrected chi connectivity index (χ4v) is 1.73. The molecule has 0 saturated carbocycles. The first-order valence-corrected chi connectivity index (χ1v) is 6.60. The Hall–Kier alpha value is -2.00. The summed E-state index contributed by atoms with van der Waals surface area (Å²) in [5.74, 6) is -2.26. The van der Waals surface area contributed by atoms with Gasteiger partial charge in [0.05, 0.1) is 12.5 Å². The monoisotopic (exact) mass is 336 g/mol. The number of nitriles is 1. The van der Waals surface area contributed by atoms with E-state index in [0.717, 1.165) is 10.0 Å². The molecule has 20 heavy (non-hydrogen) atoms. The molecule has 0 saturated heterocycles.